The van der Waals surface area contributed by atoms with Gasteiger partial charge in [-0.1, -0.05) is 6.07 Å². The van der Waals surface area contributed by atoms with E-state index in [1.807, 2.05) is 6.92 Å². The Morgan fingerprint density at radius 2 is 2.21 bits per heavy atom. The average Bonchev–Trinajstić information content (AvgIpc) is 2.40. The van der Waals surface area contributed by atoms with Crippen LogP contribution in [0.25, 0.3) is 0 Å². The summed E-state index contributed by atoms with van der Waals surface area (Å²) in [5.74, 6) is -0.0326. The minimum Gasteiger partial charge on any atom is -0.508 e. The van der Waals surface area contributed by atoms with Crippen LogP contribution in [0.15, 0.2) is 18.2 Å². The molecule has 19 heavy (non-hydrogen) atoms. The van der Waals surface area contributed by atoms with Gasteiger partial charge in [-0.2, -0.15) is 0 Å². The van der Waals surface area contributed by atoms with Crippen LogP contribution >= 0.6 is 0 Å². The lowest BCUT2D eigenvalue weighted by atomic mass is 10.1. The molecular formula is C14H19NO4. The van der Waals surface area contributed by atoms with Gasteiger partial charge in [-0.15, -0.1) is 0 Å². The molecule has 1 aromatic rings. The monoisotopic (exact) mass is 265 g/mol. The van der Waals surface area contributed by atoms with E-state index < -0.39 is 0 Å². The zero-order valence-corrected chi connectivity index (χ0v) is 11.2. The van der Waals surface area contributed by atoms with Crippen molar-refractivity contribution in [1.29, 1.82) is 0 Å². The lowest BCUT2D eigenvalue weighted by molar-refractivity contribution is -0.0858. The molecule has 2 unspecified atom stereocenters. The molecule has 1 saturated heterocycles. The fourth-order valence-electron chi connectivity index (χ4n) is 2.24. The van der Waals surface area contributed by atoms with Crippen LogP contribution < -0.4 is 0 Å². The van der Waals surface area contributed by atoms with Crippen molar-refractivity contribution in [2.24, 2.45) is 0 Å². The zero-order chi connectivity index (χ0) is 14.0. The Hall–Kier alpha value is -1.59. The van der Waals surface area contributed by atoms with Gasteiger partial charge in [0.05, 0.1) is 18.8 Å². The van der Waals surface area contributed by atoms with Crippen LogP contribution in [-0.4, -0.2) is 52.9 Å². The number of phenols is 1. The fraction of sp³-hybridized carbons (Fsp3) is 0.500. The number of carbonyl (C=O) groups excluding carboxylic acids is 1. The third-order valence-corrected chi connectivity index (χ3v) is 3.27. The molecule has 1 amide bonds. The highest BCUT2D eigenvalue weighted by atomic mass is 16.5. The molecule has 0 spiro atoms. The summed E-state index contributed by atoms with van der Waals surface area (Å²) in [4.78, 5) is 14.0. The van der Waals surface area contributed by atoms with Gasteiger partial charge in [0.1, 0.15) is 5.75 Å². The van der Waals surface area contributed by atoms with Crippen molar-refractivity contribution in [3.8, 4) is 5.75 Å². The van der Waals surface area contributed by atoms with Crippen LogP contribution in [0.4, 0.5) is 0 Å². The van der Waals surface area contributed by atoms with Gasteiger partial charge in [-0.05, 0) is 31.5 Å². The van der Waals surface area contributed by atoms with Crippen LogP contribution in [0, 0.1) is 6.92 Å². The summed E-state index contributed by atoms with van der Waals surface area (Å²) in [6.07, 6.45) is -0.444. The molecular weight excluding hydrogens is 246 g/mol. The number of amides is 1. The maximum absolute atomic E-state index is 12.3. The molecule has 0 radical (unpaired) electrons. The van der Waals surface area contributed by atoms with E-state index in [1.54, 1.807) is 24.0 Å². The maximum Gasteiger partial charge on any atom is 0.254 e. The molecule has 0 aromatic heterocycles. The van der Waals surface area contributed by atoms with Crippen molar-refractivity contribution < 1.29 is 19.7 Å². The molecule has 2 N–H and O–H groups in total. The normalized spacial score (nSPS) is 23.4. The lowest BCUT2D eigenvalue weighted by Crippen LogP contribution is -2.50. The van der Waals surface area contributed by atoms with E-state index in [0.717, 1.165) is 5.56 Å². The second-order valence-electron chi connectivity index (χ2n) is 4.96. The van der Waals surface area contributed by atoms with Gasteiger partial charge in [0.2, 0.25) is 0 Å². The van der Waals surface area contributed by atoms with Crippen molar-refractivity contribution in [2.75, 3.05) is 19.7 Å². The van der Waals surface area contributed by atoms with Gasteiger partial charge >= 0.3 is 0 Å². The van der Waals surface area contributed by atoms with Gasteiger partial charge in [0, 0.05) is 18.7 Å². The summed E-state index contributed by atoms with van der Waals surface area (Å²) < 4.78 is 5.50. The van der Waals surface area contributed by atoms with Crippen molar-refractivity contribution in [3.05, 3.63) is 29.3 Å². The third kappa shape index (κ3) is 3.05. The predicted octanol–water partition coefficient (Wildman–Crippen LogP) is 0.922. The summed E-state index contributed by atoms with van der Waals surface area (Å²) in [6, 6.07) is 4.90. The number of nitrogens with zero attached hydrogens (tertiary/aromatic N) is 1. The minimum atomic E-state index is -0.341. The molecule has 1 aliphatic rings. The van der Waals surface area contributed by atoms with E-state index in [-0.39, 0.29) is 30.5 Å². The first-order valence-electron chi connectivity index (χ1n) is 6.36. The Labute approximate surface area is 112 Å². The number of rotatable bonds is 2. The highest BCUT2D eigenvalue weighted by molar-refractivity contribution is 5.94. The summed E-state index contributed by atoms with van der Waals surface area (Å²) in [5, 5.41) is 18.8. The molecule has 5 heteroatoms. The summed E-state index contributed by atoms with van der Waals surface area (Å²) in [6.45, 7) is 4.41. The number of carbonyl (C=O) groups is 1. The van der Waals surface area contributed by atoms with Crippen LogP contribution in [-0.2, 0) is 4.74 Å². The summed E-state index contributed by atoms with van der Waals surface area (Å²) >= 11 is 0. The topological polar surface area (TPSA) is 70.0 Å². The molecule has 1 heterocycles. The largest absolute Gasteiger partial charge is 0.508 e. The molecule has 1 fully saturated rings. The van der Waals surface area contributed by atoms with Crippen molar-refractivity contribution in [2.45, 2.75) is 26.1 Å². The number of benzene rings is 1. The van der Waals surface area contributed by atoms with E-state index in [4.69, 9.17) is 9.84 Å². The molecule has 1 aliphatic heterocycles. The predicted molar refractivity (Wildman–Crippen MR) is 70.2 cm³/mol. The van der Waals surface area contributed by atoms with Crippen LogP contribution in [0.2, 0.25) is 0 Å². The molecule has 1 aromatic carbocycles. The van der Waals surface area contributed by atoms with Gasteiger partial charge in [-0.25, -0.2) is 0 Å². The van der Waals surface area contributed by atoms with Gasteiger partial charge in [0.15, 0.2) is 0 Å². The lowest BCUT2D eigenvalue weighted by Gasteiger charge is -2.36. The number of ether oxygens (including phenoxy) is 1. The first-order chi connectivity index (χ1) is 9.01. The van der Waals surface area contributed by atoms with Gasteiger partial charge < -0.3 is 19.8 Å². The number of hydrogen-bond donors (Lipinski definition) is 2. The molecule has 5 nitrogen and oxygen atoms in total. The van der Waals surface area contributed by atoms with E-state index in [0.29, 0.717) is 18.7 Å². The number of hydrogen-bond acceptors (Lipinski definition) is 4. The number of aromatic hydroxyl groups is 1. The minimum absolute atomic E-state index is 0.103. The molecule has 0 aliphatic carbocycles. The number of phenolic OH excluding ortho intramolecular Hbond substituents is 1. The Morgan fingerprint density at radius 3 is 2.84 bits per heavy atom. The Morgan fingerprint density at radius 1 is 1.47 bits per heavy atom. The highest BCUT2D eigenvalue weighted by Gasteiger charge is 2.28. The number of aryl methyl sites for hydroxylation is 1. The molecule has 2 atom stereocenters. The molecule has 104 valence electrons. The second kappa shape index (κ2) is 5.59. The quantitative estimate of drug-likeness (QED) is 0.834. The van der Waals surface area contributed by atoms with Crippen molar-refractivity contribution >= 4 is 5.91 Å². The third-order valence-electron chi connectivity index (χ3n) is 3.27. The Balaban J connectivity index is 2.16. The number of aliphatic hydroxyl groups is 1. The van der Waals surface area contributed by atoms with E-state index in [1.165, 1.54) is 6.07 Å². The molecule has 2 rings (SSSR count). The van der Waals surface area contributed by atoms with Crippen molar-refractivity contribution in [3.63, 3.8) is 0 Å². The SMILES string of the molecule is Cc1ccc(C(=O)N2CC(C)OC(CO)C2)cc1O. The Bertz CT molecular complexity index is 475. The van der Waals surface area contributed by atoms with E-state index >= 15 is 0 Å². The standard InChI is InChI=1S/C14H19NO4/c1-9-3-4-11(5-13(9)17)14(18)15-6-10(2)19-12(7-15)8-16/h3-5,10,12,16-17H,6-8H2,1-2H3. The van der Waals surface area contributed by atoms with Crippen LogP contribution in [0.1, 0.15) is 22.8 Å². The van der Waals surface area contributed by atoms with E-state index in [2.05, 4.69) is 0 Å². The molecule has 0 bridgehead atoms. The second-order valence-corrected chi connectivity index (χ2v) is 4.96. The maximum atomic E-state index is 12.3. The zero-order valence-electron chi connectivity index (χ0n) is 11.2. The number of aliphatic hydroxyl groups excluding tert-OH is 1. The average molecular weight is 265 g/mol. The first-order valence-corrected chi connectivity index (χ1v) is 6.36. The Kier molecular flexibility index (Phi) is 4.07. The number of morpholine rings is 1. The summed E-state index contributed by atoms with van der Waals surface area (Å²) in [5.41, 5.74) is 1.19. The van der Waals surface area contributed by atoms with Gasteiger partial charge in [0.25, 0.3) is 5.91 Å². The first kappa shape index (κ1) is 13.8. The van der Waals surface area contributed by atoms with Crippen molar-refractivity contribution in [1.82, 2.24) is 4.90 Å². The smallest absolute Gasteiger partial charge is 0.254 e. The van der Waals surface area contributed by atoms with Crippen LogP contribution in [0.3, 0.4) is 0 Å². The highest BCUT2D eigenvalue weighted by Crippen LogP contribution is 2.20. The van der Waals surface area contributed by atoms with Gasteiger partial charge in [-0.3, -0.25) is 4.79 Å². The molecule has 0 saturated carbocycles. The fourth-order valence-corrected chi connectivity index (χ4v) is 2.24. The van der Waals surface area contributed by atoms with E-state index in [9.17, 15) is 9.90 Å². The van der Waals surface area contributed by atoms with Crippen LogP contribution in [0.5, 0.6) is 5.75 Å². The summed E-state index contributed by atoms with van der Waals surface area (Å²) in [7, 11) is 0.